The van der Waals surface area contributed by atoms with Gasteiger partial charge in [-0.1, -0.05) is 79.2 Å². The summed E-state index contributed by atoms with van der Waals surface area (Å²) >= 11 is 6.23. The van der Waals surface area contributed by atoms with Gasteiger partial charge in [-0.15, -0.1) is 0 Å². The molecule has 0 saturated carbocycles. The van der Waals surface area contributed by atoms with Crippen LogP contribution < -0.4 is 9.62 Å². The van der Waals surface area contributed by atoms with Crippen LogP contribution in [0.15, 0.2) is 84.9 Å². The number of benzene rings is 3. The second-order valence-corrected chi connectivity index (χ2v) is 11.8. The number of amides is 2. The zero-order valence-electron chi connectivity index (χ0n) is 22.5. The Morgan fingerprint density at radius 1 is 0.897 bits per heavy atom. The maximum Gasteiger partial charge on any atom is 0.304 e. The van der Waals surface area contributed by atoms with Gasteiger partial charge in [0, 0.05) is 38.6 Å². The molecule has 39 heavy (non-hydrogen) atoms. The molecule has 0 fully saturated rings. The van der Waals surface area contributed by atoms with Gasteiger partial charge in [0.05, 0.1) is 5.69 Å². The lowest BCUT2D eigenvalue weighted by Crippen LogP contribution is -2.54. The van der Waals surface area contributed by atoms with Crippen molar-refractivity contribution >= 4 is 39.3 Å². The molecule has 1 atom stereocenters. The normalized spacial score (nSPS) is 12.1. The summed E-state index contributed by atoms with van der Waals surface area (Å²) in [6, 6.07) is 24.0. The molecule has 0 aromatic heterocycles. The number of para-hydroxylation sites is 1. The lowest BCUT2D eigenvalue weighted by atomic mass is 10.0. The van der Waals surface area contributed by atoms with E-state index in [1.165, 1.54) is 19.0 Å². The van der Waals surface area contributed by atoms with Crippen LogP contribution in [0.4, 0.5) is 5.69 Å². The molecular weight excluding hydrogens is 536 g/mol. The summed E-state index contributed by atoms with van der Waals surface area (Å²) < 4.78 is 28.7. The number of hydrogen-bond acceptors (Lipinski definition) is 4. The Kier molecular flexibility index (Phi) is 10.9. The Morgan fingerprint density at radius 3 is 2.10 bits per heavy atom. The molecule has 3 aromatic carbocycles. The first kappa shape index (κ1) is 30.1. The highest BCUT2D eigenvalue weighted by Crippen LogP contribution is 2.22. The first-order chi connectivity index (χ1) is 18.6. The van der Waals surface area contributed by atoms with Crippen molar-refractivity contribution in [2.45, 2.75) is 32.4 Å². The van der Waals surface area contributed by atoms with Crippen molar-refractivity contribution in [3.63, 3.8) is 0 Å². The summed E-state index contributed by atoms with van der Waals surface area (Å²) in [5.74, 6) is -0.824. The summed E-state index contributed by atoms with van der Waals surface area (Å²) in [6.07, 6.45) is 0.989. The number of nitrogens with one attached hydrogen (secondary N) is 1. The summed E-state index contributed by atoms with van der Waals surface area (Å²) in [7, 11) is -1.20. The van der Waals surface area contributed by atoms with E-state index in [0.717, 1.165) is 26.2 Å². The average molecular weight is 571 g/mol. The minimum Gasteiger partial charge on any atom is -0.354 e. The fraction of sp³-hybridized carbons (Fsp3) is 0.310. The molecule has 8 nitrogen and oxygen atoms in total. The molecule has 3 rings (SSSR count). The SMILES string of the molecule is CCCNC(=O)[C@@H](Cc1ccccc1)N(Cc1cccc(Cl)c1)C(=O)CN(c1ccccc1)S(=O)(=O)N(C)C. The molecule has 0 unspecified atom stereocenters. The van der Waals surface area contributed by atoms with Crippen molar-refractivity contribution in [3.8, 4) is 0 Å². The van der Waals surface area contributed by atoms with Crippen LogP contribution in [0.3, 0.4) is 0 Å². The van der Waals surface area contributed by atoms with E-state index in [9.17, 15) is 18.0 Å². The zero-order chi connectivity index (χ0) is 28.4. The summed E-state index contributed by atoms with van der Waals surface area (Å²) in [5, 5.41) is 3.42. The quantitative estimate of drug-likeness (QED) is 0.335. The first-order valence-electron chi connectivity index (χ1n) is 12.7. The Bertz CT molecular complexity index is 1340. The largest absolute Gasteiger partial charge is 0.354 e. The molecule has 3 aromatic rings. The third-order valence-electron chi connectivity index (χ3n) is 6.13. The number of nitrogens with zero attached hydrogens (tertiary/aromatic N) is 3. The molecule has 10 heteroatoms. The zero-order valence-corrected chi connectivity index (χ0v) is 24.0. The van der Waals surface area contributed by atoms with Gasteiger partial charge in [0.2, 0.25) is 11.8 Å². The van der Waals surface area contributed by atoms with Crippen LogP contribution in [0.1, 0.15) is 24.5 Å². The van der Waals surface area contributed by atoms with E-state index in [4.69, 9.17) is 11.6 Å². The second kappa shape index (κ2) is 14.1. The third-order valence-corrected chi connectivity index (χ3v) is 8.18. The molecule has 0 aliphatic heterocycles. The van der Waals surface area contributed by atoms with E-state index >= 15 is 0 Å². The lowest BCUT2D eigenvalue weighted by Gasteiger charge is -2.34. The van der Waals surface area contributed by atoms with Crippen molar-refractivity contribution in [1.82, 2.24) is 14.5 Å². The molecule has 0 spiro atoms. The van der Waals surface area contributed by atoms with Crippen molar-refractivity contribution in [2.75, 3.05) is 31.5 Å². The van der Waals surface area contributed by atoms with Crippen molar-refractivity contribution < 1.29 is 18.0 Å². The first-order valence-corrected chi connectivity index (χ1v) is 14.5. The molecule has 0 aliphatic rings. The Labute approximate surface area is 236 Å². The molecule has 0 aliphatic carbocycles. The van der Waals surface area contributed by atoms with Gasteiger partial charge < -0.3 is 10.2 Å². The standard InChI is InChI=1S/C29H35ClN4O4S/c1-4-18-31-29(36)27(20-23-12-7-5-8-13-23)33(21-24-14-11-15-25(30)19-24)28(35)22-34(39(37,38)32(2)3)26-16-9-6-10-17-26/h5-17,19,27H,4,18,20-22H2,1-3H3,(H,31,36)/t27-/m1/s1. The Hall–Kier alpha value is -3.40. The fourth-order valence-electron chi connectivity index (χ4n) is 4.06. The van der Waals surface area contributed by atoms with Gasteiger partial charge in [-0.25, -0.2) is 4.31 Å². The van der Waals surface area contributed by atoms with E-state index in [-0.39, 0.29) is 18.9 Å². The summed E-state index contributed by atoms with van der Waals surface area (Å²) in [5.41, 5.74) is 1.94. The predicted octanol–water partition coefficient (Wildman–Crippen LogP) is 4.12. The van der Waals surface area contributed by atoms with Crippen molar-refractivity contribution in [2.24, 2.45) is 0 Å². The molecular formula is C29H35ClN4O4S. The van der Waals surface area contributed by atoms with E-state index in [0.29, 0.717) is 17.3 Å². The number of halogens is 1. The van der Waals surface area contributed by atoms with Gasteiger partial charge >= 0.3 is 10.2 Å². The monoisotopic (exact) mass is 570 g/mol. The molecule has 0 heterocycles. The summed E-state index contributed by atoms with van der Waals surface area (Å²) in [6.45, 7) is 1.98. The highest BCUT2D eigenvalue weighted by molar-refractivity contribution is 7.90. The van der Waals surface area contributed by atoms with Crippen LogP contribution in [0.25, 0.3) is 0 Å². The van der Waals surface area contributed by atoms with Gasteiger partial charge in [0.15, 0.2) is 0 Å². The fourth-order valence-corrected chi connectivity index (χ4v) is 5.33. The number of carbonyl (C=O) groups is 2. The van der Waals surface area contributed by atoms with Gasteiger partial charge in [-0.2, -0.15) is 12.7 Å². The van der Waals surface area contributed by atoms with Crippen LogP contribution in [0.5, 0.6) is 0 Å². The van der Waals surface area contributed by atoms with E-state index in [1.807, 2.05) is 43.3 Å². The van der Waals surface area contributed by atoms with Gasteiger partial charge in [0.1, 0.15) is 12.6 Å². The van der Waals surface area contributed by atoms with Gasteiger partial charge in [-0.3, -0.25) is 9.59 Å². The van der Waals surface area contributed by atoms with Crippen molar-refractivity contribution in [3.05, 3.63) is 101 Å². The van der Waals surface area contributed by atoms with Gasteiger partial charge in [0.25, 0.3) is 0 Å². The minimum atomic E-state index is -4.02. The molecule has 2 amide bonds. The van der Waals surface area contributed by atoms with E-state index in [1.54, 1.807) is 48.5 Å². The van der Waals surface area contributed by atoms with E-state index in [2.05, 4.69) is 5.32 Å². The number of carbonyl (C=O) groups excluding carboxylic acids is 2. The third kappa shape index (κ3) is 8.29. The van der Waals surface area contributed by atoms with Crippen LogP contribution in [0.2, 0.25) is 5.02 Å². The van der Waals surface area contributed by atoms with Crippen LogP contribution >= 0.6 is 11.6 Å². The molecule has 0 radical (unpaired) electrons. The summed E-state index contributed by atoms with van der Waals surface area (Å²) in [4.78, 5) is 29.0. The molecule has 208 valence electrons. The number of rotatable bonds is 13. The number of anilines is 1. The van der Waals surface area contributed by atoms with Crippen LogP contribution in [-0.2, 0) is 32.8 Å². The van der Waals surface area contributed by atoms with Crippen molar-refractivity contribution in [1.29, 1.82) is 0 Å². The highest BCUT2D eigenvalue weighted by Gasteiger charge is 2.34. The molecule has 0 bridgehead atoms. The second-order valence-electron chi connectivity index (χ2n) is 9.28. The Morgan fingerprint density at radius 2 is 1.51 bits per heavy atom. The smallest absolute Gasteiger partial charge is 0.304 e. The lowest BCUT2D eigenvalue weighted by molar-refractivity contribution is -0.140. The highest BCUT2D eigenvalue weighted by atomic mass is 35.5. The maximum absolute atomic E-state index is 14.1. The maximum atomic E-state index is 14.1. The number of hydrogen-bond donors (Lipinski definition) is 1. The van der Waals surface area contributed by atoms with Crippen LogP contribution in [-0.4, -0.2) is 62.7 Å². The predicted molar refractivity (Wildman–Crippen MR) is 156 cm³/mol. The molecule has 0 saturated heterocycles. The minimum absolute atomic E-state index is 0.0705. The average Bonchev–Trinajstić information content (AvgIpc) is 2.93. The molecule has 1 N–H and O–H groups in total. The van der Waals surface area contributed by atoms with Crippen LogP contribution in [0, 0.1) is 0 Å². The van der Waals surface area contributed by atoms with Gasteiger partial charge in [-0.05, 0) is 41.8 Å². The van der Waals surface area contributed by atoms with E-state index < -0.39 is 28.7 Å². The topological polar surface area (TPSA) is 90.0 Å². The Balaban J connectivity index is 2.06.